The number of nitrogens with one attached hydrogen (secondary N) is 2. The molecule has 216 valence electrons. The van der Waals surface area contributed by atoms with E-state index in [-0.39, 0.29) is 17.4 Å². The molecule has 0 saturated heterocycles. The van der Waals surface area contributed by atoms with Gasteiger partial charge in [-0.1, -0.05) is 84.4 Å². The van der Waals surface area contributed by atoms with Crippen LogP contribution in [0, 0.1) is 6.92 Å². The van der Waals surface area contributed by atoms with Gasteiger partial charge in [0.1, 0.15) is 5.70 Å². The lowest BCUT2D eigenvalue weighted by Crippen LogP contribution is -2.30. The fourth-order valence-corrected chi connectivity index (χ4v) is 6.05. The topological polar surface area (TPSA) is 75.3 Å². The quantitative estimate of drug-likeness (QED) is 0.101. The summed E-state index contributed by atoms with van der Waals surface area (Å²) in [5.41, 5.74) is 8.67. The maximum Gasteiger partial charge on any atom is 0.272 e. The maximum absolute atomic E-state index is 13.3. The zero-order valence-electron chi connectivity index (χ0n) is 24.2. The Balaban J connectivity index is 1.10. The summed E-state index contributed by atoms with van der Waals surface area (Å²) < 4.78 is 0. The van der Waals surface area contributed by atoms with Crippen LogP contribution < -0.4 is 10.6 Å². The average molecular weight is 595 g/mol. The number of hydrogen-bond acceptors (Lipinski definition) is 4. The van der Waals surface area contributed by atoms with Crippen molar-refractivity contribution < 1.29 is 14.4 Å². The third-order valence-electron chi connectivity index (χ3n) is 7.48. The molecule has 5 nitrogen and oxygen atoms in total. The minimum Gasteiger partial charge on any atom is -0.321 e. The number of carbonyl (C=O) groups is 3. The highest BCUT2D eigenvalue weighted by Crippen LogP contribution is 2.37. The Morgan fingerprint density at radius 3 is 2.27 bits per heavy atom. The number of amides is 2. The highest BCUT2D eigenvalue weighted by molar-refractivity contribution is 8.00. The smallest absolute Gasteiger partial charge is 0.272 e. The molecular weight excluding hydrogens is 564 g/mol. The van der Waals surface area contributed by atoms with E-state index >= 15 is 0 Å². The molecule has 0 spiro atoms. The number of Topliss-reactive ketones (excluding diaryl/α,β-unsaturated/α-hetero) is 1. The van der Waals surface area contributed by atoms with E-state index in [1.165, 1.54) is 34.0 Å². The fraction of sp³-hybridized carbons (Fsp3) is 0.0789. The van der Waals surface area contributed by atoms with E-state index < -0.39 is 5.91 Å². The molecule has 0 bridgehead atoms. The molecule has 6 heteroatoms. The lowest BCUT2D eigenvalue weighted by molar-refractivity contribution is -0.113. The lowest BCUT2D eigenvalue weighted by atomic mass is 10.0. The van der Waals surface area contributed by atoms with E-state index in [0.29, 0.717) is 17.0 Å². The second-order valence-electron chi connectivity index (χ2n) is 10.7. The van der Waals surface area contributed by atoms with Crippen molar-refractivity contribution in [1.29, 1.82) is 0 Å². The molecule has 0 heterocycles. The number of carbonyl (C=O) groups excluding carboxylic acids is 3. The normalized spacial score (nSPS) is 11.8. The number of aryl methyl sites for hydroxylation is 1. The molecule has 44 heavy (non-hydrogen) atoms. The lowest BCUT2D eigenvalue weighted by Gasteiger charge is -2.12. The Morgan fingerprint density at radius 2 is 1.48 bits per heavy atom. The first kappa shape index (κ1) is 28.9. The van der Waals surface area contributed by atoms with E-state index in [4.69, 9.17) is 0 Å². The summed E-state index contributed by atoms with van der Waals surface area (Å²) in [5, 5.41) is 5.66. The highest BCUT2D eigenvalue weighted by atomic mass is 32.2. The number of hydrogen-bond donors (Lipinski definition) is 2. The summed E-state index contributed by atoms with van der Waals surface area (Å²) in [6.07, 6.45) is 2.52. The first-order valence-electron chi connectivity index (χ1n) is 14.4. The van der Waals surface area contributed by atoms with Crippen LogP contribution in [0.3, 0.4) is 0 Å². The van der Waals surface area contributed by atoms with E-state index in [1.807, 2.05) is 67.6 Å². The van der Waals surface area contributed by atoms with Crippen molar-refractivity contribution >= 4 is 41.1 Å². The van der Waals surface area contributed by atoms with Crippen LogP contribution in [0.2, 0.25) is 0 Å². The largest absolute Gasteiger partial charge is 0.321 e. The molecule has 0 aliphatic heterocycles. The van der Waals surface area contributed by atoms with Gasteiger partial charge in [-0.2, -0.15) is 0 Å². The zero-order chi connectivity index (χ0) is 30.5. The number of thioether (sulfide) groups is 1. The average Bonchev–Trinajstić information content (AvgIpc) is 3.42. The summed E-state index contributed by atoms with van der Waals surface area (Å²) in [4.78, 5) is 40.2. The van der Waals surface area contributed by atoms with E-state index in [9.17, 15) is 14.4 Å². The van der Waals surface area contributed by atoms with Crippen LogP contribution in [-0.4, -0.2) is 23.4 Å². The number of ketones is 1. The molecule has 2 N–H and O–H groups in total. The summed E-state index contributed by atoms with van der Waals surface area (Å²) in [7, 11) is 0. The fourth-order valence-electron chi connectivity index (χ4n) is 5.25. The molecule has 1 aliphatic rings. The van der Waals surface area contributed by atoms with Gasteiger partial charge < -0.3 is 10.6 Å². The number of rotatable bonds is 9. The van der Waals surface area contributed by atoms with Gasteiger partial charge in [0.25, 0.3) is 11.8 Å². The Morgan fingerprint density at radius 1 is 0.727 bits per heavy atom. The number of anilines is 1. The first-order valence-corrected chi connectivity index (χ1v) is 15.3. The Labute approximate surface area is 261 Å². The van der Waals surface area contributed by atoms with Crippen molar-refractivity contribution in [3.05, 3.63) is 160 Å². The Hall–Kier alpha value is -5.20. The second-order valence-corrected chi connectivity index (χ2v) is 11.7. The highest BCUT2D eigenvalue weighted by Gasteiger charge is 2.20. The van der Waals surface area contributed by atoms with Crippen LogP contribution >= 0.6 is 11.8 Å². The van der Waals surface area contributed by atoms with Gasteiger partial charge in [-0.25, -0.2) is 0 Å². The second kappa shape index (κ2) is 13.0. The van der Waals surface area contributed by atoms with Crippen molar-refractivity contribution in [2.75, 3.05) is 11.1 Å². The first-order chi connectivity index (χ1) is 21.4. The predicted molar refractivity (Wildman–Crippen MR) is 178 cm³/mol. The Bertz CT molecular complexity index is 1900. The molecule has 0 atom stereocenters. The minimum atomic E-state index is -0.440. The number of fused-ring (bicyclic) bond motifs is 3. The molecule has 0 aromatic heterocycles. The third kappa shape index (κ3) is 6.72. The van der Waals surface area contributed by atoms with Gasteiger partial charge in [-0.3, -0.25) is 14.4 Å². The van der Waals surface area contributed by atoms with Crippen LogP contribution in [0.1, 0.15) is 43.0 Å². The van der Waals surface area contributed by atoms with Crippen molar-refractivity contribution in [2.24, 2.45) is 0 Å². The van der Waals surface area contributed by atoms with Crippen LogP contribution in [0.4, 0.5) is 5.69 Å². The van der Waals surface area contributed by atoms with Gasteiger partial charge in [0.15, 0.2) is 5.78 Å². The van der Waals surface area contributed by atoms with Crippen molar-refractivity contribution in [3.8, 4) is 11.1 Å². The summed E-state index contributed by atoms with van der Waals surface area (Å²) in [6.45, 7) is 1.97. The van der Waals surface area contributed by atoms with Gasteiger partial charge in [-0.05, 0) is 89.7 Å². The van der Waals surface area contributed by atoms with E-state index in [2.05, 4.69) is 34.9 Å². The third-order valence-corrected chi connectivity index (χ3v) is 8.49. The molecule has 5 aromatic rings. The molecule has 6 rings (SSSR count). The van der Waals surface area contributed by atoms with Crippen LogP contribution in [0.25, 0.3) is 17.2 Å². The van der Waals surface area contributed by atoms with Gasteiger partial charge in [0.05, 0.1) is 5.75 Å². The van der Waals surface area contributed by atoms with Crippen LogP contribution in [-0.2, 0) is 11.2 Å². The molecule has 0 radical (unpaired) electrons. The number of benzene rings is 5. The summed E-state index contributed by atoms with van der Waals surface area (Å²) in [5.74, 6) is -0.424. The van der Waals surface area contributed by atoms with Crippen molar-refractivity contribution in [2.45, 2.75) is 18.2 Å². The van der Waals surface area contributed by atoms with E-state index in [1.54, 1.807) is 42.5 Å². The standard InChI is InChI=1S/C38H30N2O3S/c1-25-8-7-9-26(20-25)21-35(40-37(42)27-10-3-2-4-11-27)38(43)39-31-15-17-32(18-16-31)44-24-36(41)29-14-19-34-30(23-29)22-28-12-5-6-13-33(28)34/h2-21,23H,22,24H2,1H3,(H,39,43)(H,40,42)/b35-21-. The predicted octanol–water partition coefficient (Wildman–Crippen LogP) is 7.95. The maximum atomic E-state index is 13.3. The molecule has 2 amide bonds. The molecule has 5 aromatic carbocycles. The summed E-state index contributed by atoms with van der Waals surface area (Å²) >= 11 is 1.46. The van der Waals surface area contributed by atoms with Crippen LogP contribution in [0.5, 0.6) is 0 Å². The molecule has 0 fully saturated rings. The molecular formula is C38H30N2O3S. The van der Waals surface area contributed by atoms with Crippen molar-refractivity contribution in [3.63, 3.8) is 0 Å². The molecule has 0 saturated carbocycles. The summed E-state index contributed by atoms with van der Waals surface area (Å²) in [6, 6.07) is 38.2. The van der Waals surface area contributed by atoms with Gasteiger partial charge >= 0.3 is 0 Å². The molecule has 1 aliphatic carbocycles. The van der Waals surface area contributed by atoms with Gasteiger partial charge in [-0.15, -0.1) is 11.8 Å². The van der Waals surface area contributed by atoms with E-state index in [0.717, 1.165) is 28.0 Å². The zero-order valence-corrected chi connectivity index (χ0v) is 25.0. The minimum absolute atomic E-state index is 0.0752. The molecule has 0 unspecified atom stereocenters. The van der Waals surface area contributed by atoms with Gasteiger partial charge in [0.2, 0.25) is 0 Å². The SMILES string of the molecule is Cc1cccc(/C=C(\NC(=O)c2ccccc2)C(=O)Nc2ccc(SCC(=O)c3ccc4c(c3)Cc3ccccc3-4)cc2)c1. The van der Waals surface area contributed by atoms with Gasteiger partial charge in [0, 0.05) is 21.7 Å². The van der Waals surface area contributed by atoms with Crippen LogP contribution in [0.15, 0.2) is 132 Å². The van der Waals surface area contributed by atoms with Crippen molar-refractivity contribution in [1.82, 2.24) is 5.32 Å². The monoisotopic (exact) mass is 594 g/mol. The Kier molecular flexibility index (Phi) is 8.52.